The van der Waals surface area contributed by atoms with Crippen molar-refractivity contribution in [1.29, 1.82) is 0 Å². The SMILES string of the molecule is CCOc1ccc(C(NC)c2ccc(C)cc2C)c(Br)c1. The van der Waals surface area contributed by atoms with E-state index in [2.05, 4.69) is 59.4 Å². The molecule has 2 rings (SSSR count). The molecule has 0 amide bonds. The van der Waals surface area contributed by atoms with Gasteiger partial charge in [0.05, 0.1) is 12.6 Å². The Labute approximate surface area is 135 Å². The maximum absolute atomic E-state index is 5.55. The van der Waals surface area contributed by atoms with Crippen LogP contribution in [0.2, 0.25) is 0 Å². The lowest BCUT2D eigenvalue weighted by Crippen LogP contribution is -2.19. The molecule has 0 aliphatic rings. The molecular weight excluding hydrogens is 326 g/mol. The van der Waals surface area contributed by atoms with Gasteiger partial charge >= 0.3 is 0 Å². The summed E-state index contributed by atoms with van der Waals surface area (Å²) >= 11 is 3.67. The first-order valence-electron chi connectivity index (χ1n) is 7.23. The number of hydrogen-bond donors (Lipinski definition) is 1. The van der Waals surface area contributed by atoms with E-state index in [9.17, 15) is 0 Å². The van der Waals surface area contributed by atoms with E-state index in [1.54, 1.807) is 0 Å². The molecule has 0 heterocycles. The highest BCUT2D eigenvalue weighted by Gasteiger charge is 2.17. The van der Waals surface area contributed by atoms with Crippen LogP contribution in [-0.2, 0) is 0 Å². The van der Waals surface area contributed by atoms with Gasteiger partial charge in [-0.3, -0.25) is 0 Å². The average Bonchev–Trinajstić information content (AvgIpc) is 2.44. The largest absolute Gasteiger partial charge is 0.494 e. The third-order valence-corrected chi connectivity index (χ3v) is 4.31. The van der Waals surface area contributed by atoms with Crippen LogP contribution in [0.4, 0.5) is 0 Å². The fourth-order valence-corrected chi connectivity index (χ4v) is 3.21. The lowest BCUT2D eigenvalue weighted by atomic mass is 9.94. The van der Waals surface area contributed by atoms with Crippen LogP contribution in [0.1, 0.15) is 35.2 Å². The van der Waals surface area contributed by atoms with Crippen molar-refractivity contribution >= 4 is 15.9 Å². The molecule has 0 fully saturated rings. The lowest BCUT2D eigenvalue weighted by Gasteiger charge is -2.21. The van der Waals surface area contributed by atoms with E-state index in [0.29, 0.717) is 6.61 Å². The van der Waals surface area contributed by atoms with E-state index in [1.807, 2.05) is 26.1 Å². The first-order chi connectivity index (χ1) is 10.1. The number of hydrogen-bond acceptors (Lipinski definition) is 2. The zero-order valence-corrected chi connectivity index (χ0v) is 14.6. The van der Waals surface area contributed by atoms with Crippen molar-refractivity contribution in [2.75, 3.05) is 13.7 Å². The van der Waals surface area contributed by atoms with Crippen LogP contribution in [0.15, 0.2) is 40.9 Å². The number of benzene rings is 2. The van der Waals surface area contributed by atoms with Crippen molar-refractivity contribution < 1.29 is 4.74 Å². The van der Waals surface area contributed by atoms with Crippen LogP contribution in [-0.4, -0.2) is 13.7 Å². The van der Waals surface area contributed by atoms with Crippen molar-refractivity contribution in [1.82, 2.24) is 5.32 Å². The molecule has 0 spiro atoms. The van der Waals surface area contributed by atoms with Gasteiger partial charge in [-0.2, -0.15) is 0 Å². The van der Waals surface area contributed by atoms with Crippen molar-refractivity contribution in [2.45, 2.75) is 26.8 Å². The topological polar surface area (TPSA) is 21.3 Å². The lowest BCUT2D eigenvalue weighted by molar-refractivity contribution is 0.340. The van der Waals surface area contributed by atoms with Crippen LogP contribution in [0.5, 0.6) is 5.75 Å². The van der Waals surface area contributed by atoms with Gasteiger partial charge in [0.1, 0.15) is 5.75 Å². The highest BCUT2D eigenvalue weighted by Crippen LogP contribution is 2.32. The highest BCUT2D eigenvalue weighted by atomic mass is 79.9. The molecule has 0 saturated carbocycles. The second kappa shape index (κ2) is 7.10. The molecule has 1 atom stereocenters. The monoisotopic (exact) mass is 347 g/mol. The maximum atomic E-state index is 5.55. The summed E-state index contributed by atoms with van der Waals surface area (Å²) in [6.07, 6.45) is 0. The van der Waals surface area contributed by atoms with Gasteiger partial charge in [-0.25, -0.2) is 0 Å². The van der Waals surface area contributed by atoms with E-state index >= 15 is 0 Å². The maximum Gasteiger partial charge on any atom is 0.120 e. The Morgan fingerprint density at radius 2 is 1.81 bits per heavy atom. The van der Waals surface area contributed by atoms with Crippen molar-refractivity contribution in [3.8, 4) is 5.75 Å². The molecule has 0 bridgehead atoms. The van der Waals surface area contributed by atoms with Gasteiger partial charge in [0, 0.05) is 4.47 Å². The molecule has 21 heavy (non-hydrogen) atoms. The highest BCUT2D eigenvalue weighted by molar-refractivity contribution is 9.10. The Morgan fingerprint density at radius 3 is 2.38 bits per heavy atom. The Morgan fingerprint density at radius 1 is 1.10 bits per heavy atom. The van der Waals surface area contributed by atoms with Crippen LogP contribution in [0, 0.1) is 13.8 Å². The summed E-state index contributed by atoms with van der Waals surface area (Å²) in [6.45, 7) is 6.96. The molecule has 1 unspecified atom stereocenters. The van der Waals surface area contributed by atoms with Gasteiger partial charge in [-0.05, 0) is 56.6 Å². The van der Waals surface area contributed by atoms with Gasteiger partial charge in [-0.1, -0.05) is 45.8 Å². The Bertz CT molecular complexity index is 625. The predicted octanol–water partition coefficient (Wildman–Crippen LogP) is 4.77. The molecule has 0 saturated heterocycles. The minimum Gasteiger partial charge on any atom is -0.494 e. The molecule has 112 valence electrons. The third kappa shape index (κ3) is 3.66. The van der Waals surface area contributed by atoms with E-state index in [1.165, 1.54) is 22.3 Å². The number of nitrogens with one attached hydrogen (secondary N) is 1. The zero-order chi connectivity index (χ0) is 15.4. The van der Waals surface area contributed by atoms with Crippen molar-refractivity contribution in [2.24, 2.45) is 0 Å². The van der Waals surface area contributed by atoms with E-state index in [4.69, 9.17) is 4.74 Å². The minimum atomic E-state index is 0.163. The molecule has 0 aliphatic heterocycles. The third-order valence-electron chi connectivity index (χ3n) is 3.62. The van der Waals surface area contributed by atoms with Gasteiger partial charge < -0.3 is 10.1 Å². The Balaban J connectivity index is 2.41. The van der Waals surface area contributed by atoms with Gasteiger partial charge in [0.2, 0.25) is 0 Å². The first kappa shape index (κ1) is 16.1. The normalized spacial score (nSPS) is 12.2. The van der Waals surface area contributed by atoms with E-state index in [0.717, 1.165) is 10.2 Å². The number of aryl methyl sites for hydroxylation is 2. The molecule has 0 aromatic heterocycles. The van der Waals surface area contributed by atoms with Crippen LogP contribution >= 0.6 is 15.9 Å². The van der Waals surface area contributed by atoms with Gasteiger partial charge in [0.25, 0.3) is 0 Å². The quantitative estimate of drug-likeness (QED) is 0.840. The molecule has 0 radical (unpaired) electrons. The van der Waals surface area contributed by atoms with Gasteiger partial charge in [-0.15, -0.1) is 0 Å². The summed E-state index contributed by atoms with van der Waals surface area (Å²) in [6, 6.07) is 12.9. The van der Waals surface area contributed by atoms with Crippen molar-refractivity contribution in [3.63, 3.8) is 0 Å². The summed E-state index contributed by atoms with van der Waals surface area (Å²) in [4.78, 5) is 0. The fraction of sp³-hybridized carbons (Fsp3) is 0.333. The minimum absolute atomic E-state index is 0.163. The molecule has 0 aliphatic carbocycles. The molecule has 1 N–H and O–H groups in total. The molecule has 2 aromatic rings. The molecule has 2 nitrogen and oxygen atoms in total. The summed E-state index contributed by atoms with van der Waals surface area (Å²) in [5.41, 5.74) is 5.10. The number of rotatable bonds is 5. The predicted molar refractivity (Wildman–Crippen MR) is 92.1 cm³/mol. The van der Waals surface area contributed by atoms with Gasteiger partial charge in [0.15, 0.2) is 0 Å². The second-order valence-electron chi connectivity index (χ2n) is 5.20. The standard InChI is InChI=1S/C18H22BrNO/c1-5-21-14-7-9-16(17(19)11-14)18(20-4)15-8-6-12(2)10-13(15)3/h6-11,18,20H,5H2,1-4H3. The van der Waals surface area contributed by atoms with Crippen LogP contribution in [0.25, 0.3) is 0 Å². The summed E-state index contributed by atoms with van der Waals surface area (Å²) in [5, 5.41) is 3.42. The molecule has 2 aromatic carbocycles. The number of ether oxygens (including phenoxy) is 1. The Hall–Kier alpha value is -1.32. The second-order valence-corrected chi connectivity index (χ2v) is 6.05. The van der Waals surface area contributed by atoms with Crippen LogP contribution < -0.4 is 10.1 Å². The van der Waals surface area contributed by atoms with Crippen LogP contribution in [0.3, 0.4) is 0 Å². The van der Waals surface area contributed by atoms with E-state index in [-0.39, 0.29) is 6.04 Å². The average molecular weight is 348 g/mol. The summed E-state index contributed by atoms with van der Waals surface area (Å²) < 4.78 is 6.61. The zero-order valence-electron chi connectivity index (χ0n) is 13.0. The van der Waals surface area contributed by atoms with Crippen molar-refractivity contribution in [3.05, 3.63) is 63.1 Å². The summed E-state index contributed by atoms with van der Waals surface area (Å²) in [7, 11) is 1.99. The molecule has 3 heteroatoms. The smallest absolute Gasteiger partial charge is 0.120 e. The fourth-order valence-electron chi connectivity index (χ4n) is 2.63. The molecular formula is C18H22BrNO. The number of halogens is 1. The van der Waals surface area contributed by atoms with E-state index < -0.39 is 0 Å². The first-order valence-corrected chi connectivity index (χ1v) is 8.02. The Kier molecular flexibility index (Phi) is 5.43. The summed E-state index contributed by atoms with van der Waals surface area (Å²) in [5.74, 6) is 0.892.